The zero-order valence-electron chi connectivity index (χ0n) is 20.8. The molecule has 4 rings (SSSR count). The fourth-order valence-corrected chi connectivity index (χ4v) is 6.39. The van der Waals surface area contributed by atoms with Gasteiger partial charge < -0.3 is 24.4 Å². The molecule has 12 heteroatoms. The first-order valence-electron chi connectivity index (χ1n) is 11.7. The maximum absolute atomic E-state index is 14.1. The summed E-state index contributed by atoms with van der Waals surface area (Å²) in [6.07, 6.45) is 1.11. The molecule has 1 saturated heterocycles. The number of benzene rings is 1. The first-order chi connectivity index (χ1) is 16.9. The average molecular weight is 584 g/mol. The Bertz CT molecular complexity index is 1250. The molecule has 1 aromatic heterocycles. The topological polar surface area (TPSA) is 113 Å². The molecule has 0 saturated carbocycles. The molecule has 2 aliphatic rings. The van der Waals surface area contributed by atoms with Gasteiger partial charge in [-0.1, -0.05) is 15.9 Å². The Morgan fingerprint density at radius 1 is 1.19 bits per heavy atom. The molecule has 2 aliphatic heterocycles. The van der Waals surface area contributed by atoms with Gasteiger partial charge in [0.2, 0.25) is 5.88 Å². The van der Waals surface area contributed by atoms with E-state index in [2.05, 4.69) is 25.8 Å². The van der Waals surface area contributed by atoms with Gasteiger partial charge in [0.1, 0.15) is 17.1 Å². The number of halogens is 1. The highest BCUT2D eigenvalue weighted by Crippen LogP contribution is 2.42. The molecule has 10 nitrogen and oxygen atoms in total. The van der Waals surface area contributed by atoms with Gasteiger partial charge in [-0.05, 0) is 57.5 Å². The zero-order valence-corrected chi connectivity index (χ0v) is 23.2. The highest BCUT2D eigenvalue weighted by molar-refractivity contribution is 9.10. The summed E-state index contributed by atoms with van der Waals surface area (Å²) in [4.78, 5) is 20.6. The quantitative estimate of drug-likeness (QED) is 0.572. The van der Waals surface area contributed by atoms with Crippen LogP contribution in [-0.2, 0) is 14.8 Å². The molecule has 1 N–H and O–H groups in total. The van der Waals surface area contributed by atoms with Crippen LogP contribution in [0, 0.1) is 6.92 Å². The van der Waals surface area contributed by atoms with Gasteiger partial charge in [0, 0.05) is 30.3 Å². The molecule has 0 aliphatic carbocycles. The average Bonchev–Trinajstić information content (AvgIpc) is 2.81. The third-order valence-corrected chi connectivity index (χ3v) is 8.15. The summed E-state index contributed by atoms with van der Waals surface area (Å²) in [7, 11) is -4.11. The lowest BCUT2D eigenvalue weighted by Gasteiger charge is -2.49. The van der Waals surface area contributed by atoms with E-state index in [1.807, 2.05) is 32.9 Å². The fourth-order valence-electron chi connectivity index (χ4n) is 4.36. The number of aliphatic hydroxyl groups excluding tert-OH is 1. The van der Waals surface area contributed by atoms with E-state index in [9.17, 15) is 18.3 Å². The van der Waals surface area contributed by atoms with Crippen LogP contribution in [0.2, 0.25) is 0 Å². The first-order valence-corrected chi connectivity index (χ1v) is 13.9. The number of carbonyl (C=O) groups is 1. The van der Waals surface area contributed by atoms with E-state index < -0.39 is 21.7 Å². The third kappa shape index (κ3) is 5.40. The standard InChI is InChI=1S/C24H31BrN4O6S/c1-16-11-21(22(26-13-16)34-10-9-30)36(32,33)29-15-18-14-27(23(31)35-24(2,3)4)7-8-28(18)19-6-5-17(25)12-20(19)29/h5-6,11-13,18,30H,7-10,14-15H2,1-4H3/t18-/m0/s1. The second-order valence-electron chi connectivity index (χ2n) is 9.83. The van der Waals surface area contributed by atoms with Crippen LogP contribution in [0.25, 0.3) is 0 Å². The van der Waals surface area contributed by atoms with Crippen LogP contribution in [0.15, 0.2) is 39.8 Å². The second-order valence-corrected chi connectivity index (χ2v) is 12.6. The van der Waals surface area contributed by atoms with Crippen LogP contribution in [0.1, 0.15) is 26.3 Å². The number of hydrogen-bond acceptors (Lipinski definition) is 8. The SMILES string of the molecule is Cc1cnc(OCCO)c(S(=O)(=O)N2C[C@@H]3CN(C(=O)OC(C)(C)C)CCN3c3ccc(Br)cc32)c1. The van der Waals surface area contributed by atoms with Crippen molar-refractivity contribution in [1.29, 1.82) is 0 Å². The number of amides is 1. The highest BCUT2D eigenvalue weighted by atomic mass is 79.9. The van der Waals surface area contributed by atoms with Crippen molar-refractivity contribution in [3.8, 4) is 5.88 Å². The molecule has 36 heavy (non-hydrogen) atoms. The van der Waals surface area contributed by atoms with Gasteiger partial charge in [-0.15, -0.1) is 0 Å². The molecule has 1 atom stereocenters. The number of rotatable bonds is 5. The molecule has 1 fully saturated rings. The van der Waals surface area contributed by atoms with Gasteiger partial charge in [-0.2, -0.15) is 0 Å². The van der Waals surface area contributed by atoms with Crippen molar-refractivity contribution in [3.63, 3.8) is 0 Å². The minimum atomic E-state index is -4.11. The number of piperazine rings is 1. The molecule has 0 spiro atoms. The third-order valence-electron chi connectivity index (χ3n) is 5.88. The van der Waals surface area contributed by atoms with Gasteiger partial charge in [0.05, 0.1) is 30.6 Å². The van der Waals surface area contributed by atoms with Crippen LogP contribution in [0.5, 0.6) is 5.88 Å². The Labute approximate surface area is 220 Å². The van der Waals surface area contributed by atoms with Crippen molar-refractivity contribution < 1.29 is 27.8 Å². The van der Waals surface area contributed by atoms with E-state index in [1.54, 1.807) is 17.9 Å². The van der Waals surface area contributed by atoms with Crippen molar-refractivity contribution in [3.05, 3.63) is 40.5 Å². The van der Waals surface area contributed by atoms with Gasteiger partial charge in [-0.25, -0.2) is 18.2 Å². The van der Waals surface area contributed by atoms with E-state index in [4.69, 9.17) is 9.47 Å². The van der Waals surface area contributed by atoms with Crippen LogP contribution in [0.3, 0.4) is 0 Å². The molecule has 1 amide bonds. The number of fused-ring (bicyclic) bond motifs is 3. The lowest BCUT2D eigenvalue weighted by Crippen LogP contribution is -2.61. The van der Waals surface area contributed by atoms with Crippen molar-refractivity contribution in [2.24, 2.45) is 0 Å². The minimum Gasteiger partial charge on any atom is -0.474 e. The van der Waals surface area contributed by atoms with Crippen LogP contribution in [-0.4, -0.2) is 80.5 Å². The number of ether oxygens (including phenoxy) is 2. The van der Waals surface area contributed by atoms with Crippen molar-refractivity contribution in [1.82, 2.24) is 9.88 Å². The van der Waals surface area contributed by atoms with E-state index in [0.29, 0.717) is 30.9 Å². The number of hydrogen-bond donors (Lipinski definition) is 1. The maximum atomic E-state index is 14.1. The number of pyridine rings is 1. The number of aromatic nitrogens is 1. The van der Waals surface area contributed by atoms with Crippen LogP contribution in [0.4, 0.5) is 16.2 Å². The number of anilines is 2. The molecular weight excluding hydrogens is 552 g/mol. The molecule has 3 heterocycles. The summed E-state index contributed by atoms with van der Waals surface area (Å²) < 4.78 is 41.3. The van der Waals surface area contributed by atoms with Gasteiger partial charge in [0.25, 0.3) is 10.0 Å². The molecular formula is C24H31BrN4O6S. The van der Waals surface area contributed by atoms with E-state index >= 15 is 0 Å². The molecule has 196 valence electrons. The lowest BCUT2D eigenvalue weighted by atomic mass is 10.1. The Morgan fingerprint density at radius 2 is 1.94 bits per heavy atom. The zero-order chi connectivity index (χ0) is 26.3. The predicted octanol–water partition coefficient (Wildman–Crippen LogP) is 3.16. The smallest absolute Gasteiger partial charge is 0.410 e. The van der Waals surface area contributed by atoms with Gasteiger partial charge in [0.15, 0.2) is 0 Å². The van der Waals surface area contributed by atoms with Gasteiger partial charge in [-0.3, -0.25) is 4.31 Å². The Balaban J connectivity index is 1.73. The summed E-state index contributed by atoms with van der Waals surface area (Å²) in [6, 6.07) is 6.77. The molecule has 0 radical (unpaired) electrons. The normalized spacial score (nSPS) is 17.9. The summed E-state index contributed by atoms with van der Waals surface area (Å²) in [5.41, 5.74) is 1.33. The van der Waals surface area contributed by atoms with E-state index in [-0.39, 0.29) is 36.6 Å². The molecule has 2 aromatic rings. The Morgan fingerprint density at radius 3 is 2.64 bits per heavy atom. The van der Waals surface area contributed by atoms with Crippen molar-refractivity contribution in [2.45, 2.75) is 44.2 Å². The minimum absolute atomic E-state index is 0.0624. The molecule has 1 aromatic carbocycles. The van der Waals surface area contributed by atoms with Crippen LogP contribution < -0.4 is 13.9 Å². The molecule has 0 unspecified atom stereocenters. The number of sulfonamides is 1. The second kappa shape index (κ2) is 10.1. The summed E-state index contributed by atoms with van der Waals surface area (Å²) in [5, 5.41) is 9.19. The summed E-state index contributed by atoms with van der Waals surface area (Å²) in [5.74, 6) is -0.0624. The van der Waals surface area contributed by atoms with Crippen molar-refractivity contribution >= 4 is 43.4 Å². The number of aryl methyl sites for hydroxylation is 1. The van der Waals surface area contributed by atoms with E-state index in [0.717, 1.165) is 10.2 Å². The first kappa shape index (κ1) is 26.5. The van der Waals surface area contributed by atoms with Gasteiger partial charge >= 0.3 is 6.09 Å². The Kier molecular flexibility index (Phi) is 7.40. The summed E-state index contributed by atoms with van der Waals surface area (Å²) in [6.45, 7) is 8.30. The highest BCUT2D eigenvalue weighted by Gasteiger charge is 2.42. The van der Waals surface area contributed by atoms with Crippen LogP contribution >= 0.6 is 15.9 Å². The number of carbonyl (C=O) groups excluding carboxylic acids is 1. The monoisotopic (exact) mass is 582 g/mol. The lowest BCUT2D eigenvalue weighted by molar-refractivity contribution is 0.0216. The number of nitrogens with zero attached hydrogens (tertiary/aromatic N) is 4. The van der Waals surface area contributed by atoms with Crippen molar-refractivity contribution in [2.75, 3.05) is 48.6 Å². The molecule has 0 bridgehead atoms. The van der Waals surface area contributed by atoms with E-state index in [1.165, 1.54) is 16.6 Å². The predicted molar refractivity (Wildman–Crippen MR) is 139 cm³/mol. The number of aliphatic hydroxyl groups is 1. The summed E-state index contributed by atoms with van der Waals surface area (Å²) >= 11 is 3.47. The Hall–Kier alpha value is -2.57. The fraction of sp³-hybridized carbons (Fsp3) is 0.500. The largest absolute Gasteiger partial charge is 0.474 e. The maximum Gasteiger partial charge on any atom is 0.410 e.